The van der Waals surface area contributed by atoms with E-state index in [1.54, 1.807) is 16.0 Å². The van der Waals surface area contributed by atoms with Crippen molar-refractivity contribution < 1.29 is 14.3 Å². The number of benzene rings is 2. The average molecular weight is 514 g/mol. The maximum Gasteiger partial charge on any atom is 0.333 e. The number of primary amides is 1. The van der Waals surface area contributed by atoms with Crippen LogP contribution in [0.3, 0.4) is 0 Å². The van der Waals surface area contributed by atoms with Gasteiger partial charge in [-0.2, -0.15) is 0 Å². The fourth-order valence-electron chi connectivity index (χ4n) is 5.38. The predicted octanol–water partition coefficient (Wildman–Crippen LogP) is 5.84. The first-order valence-corrected chi connectivity index (χ1v) is 13.2. The molecule has 4 aromatic rings. The van der Waals surface area contributed by atoms with Gasteiger partial charge >= 0.3 is 6.03 Å². The van der Waals surface area contributed by atoms with E-state index in [0.717, 1.165) is 48.1 Å². The number of hydrogen-bond donors (Lipinski definition) is 2. The van der Waals surface area contributed by atoms with Crippen molar-refractivity contribution in [1.29, 1.82) is 0 Å². The van der Waals surface area contributed by atoms with E-state index in [1.165, 1.54) is 11.3 Å². The van der Waals surface area contributed by atoms with Crippen LogP contribution in [0.25, 0.3) is 10.2 Å². The summed E-state index contributed by atoms with van der Waals surface area (Å²) in [4.78, 5) is 35.9. The number of pyridine rings is 1. The van der Waals surface area contributed by atoms with Crippen LogP contribution in [0.2, 0.25) is 0 Å². The van der Waals surface area contributed by atoms with Crippen LogP contribution in [0.15, 0.2) is 60.8 Å². The van der Waals surface area contributed by atoms with Crippen LogP contribution in [0.1, 0.15) is 40.9 Å². The Labute approximate surface area is 218 Å². The highest BCUT2D eigenvalue weighted by Crippen LogP contribution is 2.50. The molecule has 2 aliphatic rings. The largest absolute Gasteiger partial charge is 0.457 e. The van der Waals surface area contributed by atoms with Crippen molar-refractivity contribution in [1.82, 2.24) is 4.98 Å². The molecule has 1 saturated carbocycles. The Morgan fingerprint density at radius 3 is 2.49 bits per heavy atom. The van der Waals surface area contributed by atoms with Gasteiger partial charge in [0.25, 0.3) is 5.91 Å². The molecule has 0 spiro atoms. The number of aromatic nitrogens is 1. The Bertz CT molecular complexity index is 1510. The molecule has 9 heteroatoms. The molecule has 2 aromatic carbocycles. The number of nitrogens with zero attached hydrogens (tertiary/aromatic N) is 3. The molecule has 6 rings (SSSR count). The van der Waals surface area contributed by atoms with Crippen molar-refractivity contribution in [2.45, 2.75) is 44.7 Å². The van der Waals surface area contributed by atoms with Gasteiger partial charge < -0.3 is 16.2 Å². The lowest BCUT2D eigenvalue weighted by Crippen LogP contribution is -2.51. The zero-order valence-corrected chi connectivity index (χ0v) is 21.2. The normalized spacial score (nSPS) is 19.4. The number of ether oxygens (including phenoxy) is 1. The summed E-state index contributed by atoms with van der Waals surface area (Å²) in [6.07, 6.45) is 4.82. The molecule has 1 fully saturated rings. The first-order chi connectivity index (χ1) is 17.9. The van der Waals surface area contributed by atoms with Crippen molar-refractivity contribution in [2.24, 2.45) is 11.5 Å². The van der Waals surface area contributed by atoms with Crippen LogP contribution in [0.4, 0.5) is 21.9 Å². The number of urea groups is 1. The molecule has 4 N–H and O–H groups in total. The Balaban J connectivity index is 1.48. The van der Waals surface area contributed by atoms with Crippen molar-refractivity contribution >= 4 is 50.6 Å². The number of anilines is 3. The Morgan fingerprint density at radius 2 is 1.78 bits per heavy atom. The van der Waals surface area contributed by atoms with E-state index < -0.39 is 5.91 Å². The van der Waals surface area contributed by atoms with Crippen molar-refractivity contribution in [3.05, 3.63) is 71.2 Å². The van der Waals surface area contributed by atoms with Crippen LogP contribution < -0.4 is 26.0 Å². The van der Waals surface area contributed by atoms with Gasteiger partial charge in [-0.25, -0.2) is 9.78 Å². The lowest BCUT2D eigenvalue weighted by Gasteiger charge is -2.42. The topological polar surface area (TPSA) is 115 Å². The van der Waals surface area contributed by atoms with Gasteiger partial charge in [0.05, 0.1) is 22.4 Å². The number of rotatable bonds is 5. The van der Waals surface area contributed by atoms with Gasteiger partial charge in [0.2, 0.25) is 0 Å². The lowest BCUT2D eigenvalue weighted by molar-refractivity contribution is 0.100. The third kappa shape index (κ3) is 4.00. The molecule has 0 atom stereocenters. The van der Waals surface area contributed by atoms with E-state index in [0.29, 0.717) is 26.8 Å². The highest BCUT2D eigenvalue weighted by molar-refractivity contribution is 7.21. The fraction of sp³-hybridized carbons (Fsp3) is 0.250. The summed E-state index contributed by atoms with van der Waals surface area (Å²) in [5, 5.41) is 0.778. The molecular weight excluding hydrogens is 486 g/mol. The van der Waals surface area contributed by atoms with E-state index in [2.05, 4.69) is 4.98 Å². The lowest BCUT2D eigenvalue weighted by atomic mass is 9.90. The summed E-state index contributed by atoms with van der Waals surface area (Å²) in [6, 6.07) is 16.9. The molecule has 3 heterocycles. The summed E-state index contributed by atoms with van der Waals surface area (Å²) in [5.41, 5.74) is 14.9. The summed E-state index contributed by atoms with van der Waals surface area (Å²) >= 11 is 1.24. The minimum atomic E-state index is -0.554. The molecule has 37 heavy (non-hydrogen) atoms. The predicted molar refractivity (Wildman–Crippen MR) is 146 cm³/mol. The summed E-state index contributed by atoms with van der Waals surface area (Å²) in [6.45, 7) is 1.96. The Hall–Kier alpha value is -3.95. The molecule has 0 bridgehead atoms. The second-order valence-electron chi connectivity index (χ2n) is 9.57. The van der Waals surface area contributed by atoms with Crippen molar-refractivity contribution in [3.63, 3.8) is 0 Å². The summed E-state index contributed by atoms with van der Waals surface area (Å²) < 4.78 is 6.01. The Morgan fingerprint density at radius 1 is 1.03 bits per heavy atom. The number of aryl methyl sites for hydroxylation is 1. The maximum absolute atomic E-state index is 14.3. The first-order valence-electron chi connectivity index (χ1n) is 12.4. The molecular formula is C28H27N5O3S. The second kappa shape index (κ2) is 9.17. The van der Waals surface area contributed by atoms with Crippen LogP contribution in [-0.2, 0) is 0 Å². The number of carbonyl (C=O) groups is 2. The van der Waals surface area contributed by atoms with E-state index >= 15 is 0 Å². The van der Waals surface area contributed by atoms with Crippen LogP contribution in [-0.4, -0.2) is 29.0 Å². The fourth-order valence-corrected chi connectivity index (χ4v) is 6.39. The molecule has 3 amide bonds. The van der Waals surface area contributed by atoms with Gasteiger partial charge in [-0.1, -0.05) is 18.2 Å². The quantitative estimate of drug-likeness (QED) is 0.348. The number of para-hydroxylation sites is 1. The number of amides is 3. The third-order valence-corrected chi connectivity index (χ3v) is 8.24. The summed E-state index contributed by atoms with van der Waals surface area (Å²) in [5.74, 6) is 0.867. The number of thiophene rings is 1. The van der Waals surface area contributed by atoms with Crippen molar-refractivity contribution in [2.75, 3.05) is 9.80 Å². The molecule has 0 radical (unpaired) electrons. The van der Waals surface area contributed by atoms with Crippen molar-refractivity contribution in [3.8, 4) is 11.5 Å². The highest BCUT2D eigenvalue weighted by Gasteiger charge is 2.42. The summed E-state index contributed by atoms with van der Waals surface area (Å²) in [7, 11) is 0. The molecule has 1 aliphatic heterocycles. The van der Waals surface area contributed by atoms with Gasteiger partial charge in [-0.3, -0.25) is 14.6 Å². The number of nitrogens with two attached hydrogens (primary N) is 2. The highest BCUT2D eigenvalue weighted by atomic mass is 32.1. The zero-order chi connectivity index (χ0) is 25.7. The monoisotopic (exact) mass is 513 g/mol. The standard InChI is InChI=1S/C28H27N5O3S/c1-16-15-20(36-19-5-3-2-4-6-19)11-12-21(16)33-22-13-14-31-27-23(22)24(25(37-27)26(30)34)32(28(33)35)18-9-7-17(29)8-10-18/h2-6,11-15,17-18H,7-10,29H2,1H3,(H2,30,34). The van der Waals surface area contributed by atoms with Gasteiger partial charge in [-0.15, -0.1) is 11.3 Å². The minimum Gasteiger partial charge on any atom is -0.457 e. The first kappa shape index (κ1) is 23.4. The minimum absolute atomic E-state index is 0.0833. The maximum atomic E-state index is 14.3. The molecule has 188 valence electrons. The van der Waals surface area contributed by atoms with E-state index in [4.69, 9.17) is 16.2 Å². The van der Waals surface area contributed by atoms with Gasteiger partial charge in [0.1, 0.15) is 21.2 Å². The molecule has 2 aromatic heterocycles. The van der Waals surface area contributed by atoms with Gasteiger partial charge in [-0.05, 0) is 74.6 Å². The van der Waals surface area contributed by atoms with Crippen LogP contribution in [0, 0.1) is 6.92 Å². The number of carbonyl (C=O) groups excluding carboxylic acids is 2. The van der Waals surface area contributed by atoms with E-state index in [1.807, 2.05) is 61.5 Å². The third-order valence-electron chi connectivity index (χ3n) is 7.14. The SMILES string of the molecule is Cc1cc(Oc2ccccc2)ccc1N1C(=O)N(C2CCC(N)CC2)c2c(C(N)=O)sc3nccc1c23. The van der Waals surface area contributed by atoms with Gasteiger partial charge in [0, 0.05) is 18.3 Å². The smallest absolute Gasteiger partial charge is 0.333 e. The van der Waals surface area contributed by atoms with Gasteiger partial charge in [0.15, 0.2) is 0 Å². The van der Waals surface area contributed by atoms with E-state index in [-0.39, 0.29) is 18.1 Å². The molecule has 8 nitrogen and oxygen atoms in total. The van der Waals surface area contributed by atoms with Crippen LogP contribution >= 0.6 is 11.3 Å². The number of hydrogen-bond acceptors (Lipinski definition) is 6. The zero-order valence-electron chi connectivity index (χ0n) is 20.4. The Kier molecular flexibility index (Phi) is 5.81. The average Bonchev–Trinajstić information content (AvgIpc) is 3.28. The van der Waals surface area contributed by atoms with E-state index in [9.17, 15) is 9.59 Å². The second-order valence-corrected chi connectivity index (χ2v) is 10.6. The molecule has 0 saturated heterocycles. The van der Waals surface area contributed by atoms with Crippen LogP contribution in [0.5, 0.6) is 11.5 Å². The molecule has 1 aliphatic carbocycles. The molecule has 0 unspecified atom stereocenters.